The van der Waals surface area contributed by atoms with E-state index in [-0.39, 0.29) is 12.1 Å². The molecule has 0 saturated carbocycles. The van der Waals surface area contributed by atoms with Crippen LogP contribution in [0.3, 0.4) is 0 Å². The maximum absolute atomic E-state index is 5.39. The number of rotatable bonds is 3. The van der Waals surface area contributed by atoms with E-state index < -0.39 is 0 Å². The average molecular weight is 222 g/mol. The third kappa shape index (κ3) is 2.31. The highest BCUT2D eigenvalue weighted by atomic mass is 16.5. The molecule has 1 aromatic heterocycles. The van der Waals surface area contributed by atoms with Gasteiger partial charge >= 0.3 is 0 Å². The SMILES string of the molecule is CO[C@H]1CNCC1Nc1nc(C)cnc1C. The molecule has 2 atom stereocenters. The average Bonchev–Trinajstić information content (AvgIpc) is 2.71. The Bertz CT molecular complexity index is 369. The largest absolute Gasteiger partial charge is 0.378 e. The van der Waals surface area contributed by atoms with Crippen LogP contribution in [0.1, 0.15) is 11.4 Å². The summed E-state index contributed by atoms with van der Waals surface area (Å²) in [7, 11) is 1.74. The van der Waals surface area contributed by atoms with Crippen LogP contribution in [0.5, 0.6) is 0 Å². The summed E-state index contributed by atoms with van der Waals surface area (Å²) in [6, 6.07) is 0.264. The molecule has 0 radical (unpaired) electrons. The summed E-state index contributed by atoms with van der Waals surface area (Å²) in [4.78, 5) is 8.73. The summed E-state index contributed by atoms with van der Waals surface area (Å²) in [6.07, 6.45) is 1.98. The number of anilines is 1. The second-order valence-electron chi connectivity index (χ2n) is 4.13. The summed E-state index contributed by atoms with van der Waals surface area (Å²) >= 11 is 0. The van der Waals surface area contributed by atoms with Crippen LogP contribution >= 0.6 is 0 Å². The van der Waals surface area contributed by atoms with Crippen LogP contribution in [0.4, 0.5) is 5.82 Å². The fourth-order valence-electron chi connectivity index (χ4n) is 1.90. The molecule has 0 amide bonds. The third-order valence-corrected chi connectivity index (χ3v) is 2.86. The molecule has 1 unspecified atom stereocenters. The first-order valence-electron chi connectivity index (χ1n) is 5.51. The van der Waals surface area contributed by atoms with Gasteiger partial charge in [0.05, 0.1) is 23.5 Å². The zero-order chi connectivity index (χ0) is 11.5. The van der Waals surface area contributed by atoms with Gasteiger partial charge in [-0.25, -0.2) is 4.98 Å². The van der Waals surface area contributed by atoms with Gasteiger partial charge in [-0.1, -0.05) is 0 Å². The molecule has 5 heteroatoms. The van der Waals surface area contributed by atoms with E-state index in [1.54, 1.807) is 13.3 Å². The van der Waals surface area contributed by atoms with Gasteiger partial charge < -0.3 is 15.4 Å². The van der Waals surface area contributed by atoms with Gasteiger partial charge in [-0.2, -0.15) is 0 Å². The van der Waals surface area contributed by atoms with E-state index in [4.69, 9.17) is 4.74 Å². The number of hydrogen-bond donors (Lipinski definition) is 2. The fraction of sp³-hybridized carbons (Fsp3) is 0.636. The quantitative estimate of drug-likeness (QED) is 0.779. The molecule has 16 heavy (non-hydrogen) atoms. The van der Waals surface area contributed by atoms with Crippen LogP contribution in [0.2, 0.25) is 0 Å². The second kappa shape index (κ2) is 4.76. The molecule has 88 valence electrons. The molecule has 5 nitrogen and oxygen atoms in total. The smallest absolute Gasteiger partial charge is 0.148 e. The summed E-state index contributed by atoms with van der Waals surface area (Å²) in [5.41, 5.74) is 1.85. The number of hydrogen-bond acceptors (Lipinski definition) is 5. The lowest BCUT2D eigenvalue weighted by molar-refractivity contribution is 0.111. The highest BCUT2D eigenvalue weighted by Gasteiger charge is 2.27. The minimum Gasteiger partial charge on any atom is -0.378 e. The monoisotopic (exact) mass is 222 g/mol. The van der Waals surface area contributed by atoms with Gasteiger partial charge in [-0.3, -0.25) is 4.98 Å². The Hall–Kier alpha value is -1.20. The summed E-state index contributed by atoms with van der Waals surface area (Å²) in [5, 5.41) is 6.68. The number of methoxy groups -OCH3 is 1. The van der Waals surface area contributed by atoms with E-state index in [1.165, 1.54) is 0 Å². The van der Waals surface area contributed by atoms with Crippen LogP contribution in [-0.2, 0) is 4.74 Å². The predicted molar refractivity (Wildman–Crippen MR) is 62.6 cm³/mol. The van der Waals surface area contributed by atoms with E-state index in [0.717, 1.165) is 30.3 Å². The number of ether oxygens (including phenoxy) is 1. The zero-order valence-corrected chi connectivity index (χ0v) is 9.95. The van der Waals surface area contributed by atoms with Crippen LogP contribution in [0, 0.1) is 13.8 Å². The van der Waals surface area contributed by atoms with Gasteiger partial charge in [0.1, 0.15) is 5.82 Å². The molecule has 1 saturated heterocycles. The van der Waals surface area contributed by atoms with Gasteiger partial charge in [-0.05, 0) is 13.8 Å². The number of aromatic nitrogens is 2. The van der Waals surface area contributed by atoms with Crippen molar-refractivity contribution >= 4 is 5.82 Å². The van der Waals surface area contributed by atoms with Crippen LogP contribution < -0.4 is 10.6 Å². The molecular formula is C11H18N4O. The van der Waals surface area contributed by atoms with Crippen LogP contribution in [0.25, 0.3) is 0 Å². The molecular weight excluding hydrogens is 204 g/mol. The van der Waals surface area contributed by atoms with Crippen molar-refractivity contribution in [3.63, 3.8) is 0 Å². The van der Waals surface area contributed by atoms with E-state index in [1.807, 2.05) is 13.8 Å². The second-order valence-corrected chi connectivity index (χ2v) is 4.13. The lowest BCUT2D eigenvalue weighted by Gasteiger charge is -2.20. The first kappa shape index (κ1) is 11.3. The molecule has 0 spiro atoms. The predicted octanol–water partition coefficient (Wildman–Crippen LogP) is 0.492. The van der Waals surface area contributed by atoms with E-state index >= 15 is 0 Å². The molecule has 2 N–H and O–H groups in total. The first-order chi connectivity index (χ1) is 7.70. The summed E-state index contributed by atoms with van der Waals surface area (Å²) in [6.45, 7) is 5.68. The van der Waals surface area contributed by atoms with Gasteiger partial charge in [0, 0.05) is 26.4 Å². The van der Waals surface area contributed by atoms with Crippen molar-refractivity contribution in [1.82, 2.24) is 15.3 Å². The van der Waals surface area contributed by atoms with Crippen molar-refractivity contribution in [3.8, 4) is 0 Å². The standard InChI is InChI=1S/C11H18N4O/c1-7-4-13-8(2)11(14-7)15-9-5-12-6-10(9)16-3/h4,9-10,12H,5-6H2,1-3H3,(H,14,15)/t9?,10-/m0/s1. The zero-order valence-electron chi connectivity index (χ0n) is 9.95. The first-order valence-corrected chi connectivity index (χ1v) is 5.51. The number of aryl methyl sites for hydroxylation is 2. The highest BCUT2D eigenvalue weighted by Crippen LogP contribution is 2.14. The molecule has 0 aliphatic carbocycles. The molecule has 2 heterocycles. The van der Waals surface area contributed by atoms with Crippen molar-refractivity contribution in [2.24, 2.45) is 0 Å². The Morgan fingerprint density at radius 1 is 1.44 bits per heavy atom. The van der Waals surface area contributed by atoms with E-state index in [9.17, 15) is 0 Å². The highest BCUT2D eigenvalue weighted by molar-refractivity contribution is 5.41. The molecule has 2 rings (SSSR count). The number of nitrogens with zero attached hydrogens (tertiary/aromatic N) is 2. The van der Waals surface area contributed by atoms with Crippen molar-refractivity contribution in [2.75, 3.05) is 25.5 Å². The van der Waals surface area contributed by atoms with E-state index in [0.29, 0.717) is 0 Å². The summed E-state index contributed by atoms with van der Waals surface area (Å²) in [5.74, 6) is 0.857. The normalized spacial score (nSPS) is 24.7. The van der Waals surface area contributed by atoms with Crippen LogP contribution in [0.15, 0.2) is 6.20 Å². The number of nitrogens with one attached hydrogen (secondary N) is 2. The Kier molecular flexibility index (Phi) is 3.36. The molecule has 1 aromatic rings. The van der Waals surface area contributed by atoms with Gasteiger partial charge in [0.25, 0.3) is 0 Å². The Balaban J connectivity index is 2.11. The fourth-order valence-corrected chi connectivity index (χ4v) is 1.90. The van der Waals surface area contributed by atoms with E-state index in [2.05, 4.69) is 20.6 Å². The van der Waals surface area contributed by atoms with Crippen molar-refractivity contribution in [3.05, 3.63) is 17.6 Å². The lowest BCUT2D eigenvalue weighted by Crippen LogP contribution is -2.34. The Labute approximate surface area is 95.6 Å². The van der Waals surface area contributed by atoms with Crippen molar-refractivity contribution < 1.29 is 4.74 Å². The summed E-state index contributed by atoms with van der Waals surface area (Å²) < 4.78 is 5.39. The molecule has 1 fully saturated rings. The lowest BCUT2D eigenvalue weighted by atomic mass is 10.2. The van der Waals surface area contributed by atoms with Crippen molar-refractivity contribution in [2.45, 2.75) is 26.0 Å². The maximum atomic E-state index is 5.39. The van der Waals surface area contributed by atoms with Gasteiger partial charge in [-0.15, -0.1) is 0 Å². The molecule has 0 bridgehead atoms. The molecule has 0 aromatic carbocycles. The Morgan fingerprint density at radius 3 is 3.00 bits per heavy atom. The Morgan fingerprint density at radius 2 is 2.25 bits per heavy atom. The minimum atomic E-state index is 0.196. The topological polar surface area (TPSA) is 59.1 Å². The molecule has 1 aliphatic rings. The minimum absolute atomic E-state index is 0.196. The van der Waals surface area contributed by atoms with Crippen LogP contribution in [-0.4, -0.2) is 42.3 Å². The van der Waals surface area contributed by atoms with Crippen molar-refractivity contribution in [1.29, 1.82) is 0 Å². The maximum Gasteiger partial charge on any atom is 0.148 e. The third-order valence-electron chi connectivity index (χ3n) is 2.86. The van der Waals surface area contributed by atoms with Gasteiger partial charge in [0.2, 0.25) is 0 Å². The molecule has 1 aliphatic heterocycles. The van der Waals surface area contributed by atoms with Gasteiger partial charge in [0.15, 0.2) is 0 Å².